The number of carbonyl (C=O) groups is 2. The molecule has 1 aromatic carbocycles. The van der Waals surface area contributed by atoms with Crippen molar-refractivity contribution in [2.24, 2.45) is 5.92 Å². The molecule has 2 aliphatic heterocycles. The SMILES string of the molecule is CCc1cc(C(=O)N2CC[C@H](Oc3ccc(Cl)cc3)[C@@H](CC(=O)N3CCN(C)CC3)C2)on1. The predicted octanol–water partition coefficient (Wildman–Crippen LogP) is 2.96. The molecule has 2 fully saturated rings. The second-order valence-corrected chi connectivity index (χ2v) is 9.27. The fraction of sp³-hybridized carbons (Fsp3) is 0.542. The van der Waals surface area contributed by atoms with Gasteiger partial charge in [-0.25, -0.2) is 0 Å². The molecule has 2 aromatic rings. The van der Waals surface area contributed by atoms with Crippen LogP contribution >= 0.6 is 11.6 Å². The van der Waals surface area contributed by atoms with Crippen molar-refractivity contribution < 1.29 is 18.8 Å². The zero-order chi connectivity index (χ0) is 23.4. The molecule has 0 N–H and O–H groups in total. The van der Waals surface area contributed by atoms with Crippen molar-refractivity contribution in [3.05, 3.63) is 46.8 Å². The molecule has 0 radical (unpaired) electrons. The summed E-state index contributed by atoms with van der Waals surface area (Å²) in [5.41, 5.74) is 0.751. The van der Waals surface area contributed by atoms with Crippen molar-refractivity contribution in [2.75, 3.05) is 46.3 Å². The first kappa shape index (κ1) is 23.6. The predicted molar refractivity (Wildman–Crippen MR) is 124 cm³/mol. The van der Waals surface area contributed by atoms with E-state index in [0.29, 0.717) is 43.1 Å². The van der Waals surface area contributed by atoms with Gasteiger partial charge in [0, 0.05) is 69.1 Å². The fourth-order valence-electron chi connectivity index (χ4n) is 4.38. The van der Waals surface area contributed by atoms with Gasteiger partial charge in [0.2, 0.25) is 11.7 Å². The molecule has 2 saturated heterocycles. The summed E-state index contributed by atoms with van der Waals surface area (Å²) in [5, 5.41) is 4.58. The van der Waals surface area contributed by atoms with E-state index < -0.39 is 0 Å². The lowest BCUT2D eigenvalue weighted by Gasteiger charge is -2.39. The molecule has 2 atom stereocenters. The van der Waals surface area contributed by atoms with Gasteiger partial charge in [0.1, 0.15) is 11.9 Å². The van der Waals surface area contributed by atoms with Crippen LogP contribution in [0.15, 0.2) is 34.9 Å². The standard InChI is InChI=1S/C24H31ClN4O4/c1-3-19-15-22(33-26-19)24(31)29-9-8-21(32-20-6-4-18(25)5-7-20)17(16-29)14-23(30)28-12-10-27(2)11-13-28/h4-7,15,17,21H,3,8-14,16H2,1-2H3/t17-,21-/m0/s1. The molecule has 3 heterocycles. The van der Waals surface area contributed by atoms with Crippen molar-refractivity contribution in [2.45, 2.75) is 32.3 Å². The summed E-state index contributed by atoms with van der Waals surface area (Å²) in [6.45, 7) is 6.12. The van der Waals surface area contributed by atoms with Gasteiger partial charge >= 0.3 is 0 Å². The summed E-state index contributed by atoms with van der Waals surface area (Å²) >= 11 is 6.01. The van der Waals surface area contributed by atoms with Crippen molar-refractivity contribution in [3.8, 4) is 5.75 Å². The van der Waals surface area contributed by atoms with Crippen LogP contribution in [0.5, 0.6) is 5.75 Å². The Balaban J connectivity index is 1.47. The second kappa shape index (κ2) is 10.6. The quantitative estimate of drug-likeness (QED) is 0.640. The highest BCUT2D eigenvalue weighted by Crippen LogP contribution is 2.28. The average molecular weight is 475 g/mol. The minimum atomic E-state index is -0.191. The molecule has 0 bridgehead atoms. The molecular formula is C24H31ClN4O4. The van der Waals surface area contributed by atoms with Crippen LogP contribution in [0.2, 0.25) is 5.02 Å². The Kier molecular flexibility index (Phi) is 7.55. The molecule has 1 aromatic heterocycles. The minimum absolute atomic E-state index is 0.111. The number of nitrogens with zero attached hydrogens (tertiary/aromatic N) is 4. The number of carbonyl (C=O) groups excluding carboxylic acids is 2. The molecule has 8 nitrogen and oxygen atoms in total. The van der Waals surface area contributed by atoms with E-state index in [9.17, 15) is 9.59 Å². The zero-order valence-electron chi connectivity index (χ0n) is 19.2. The molecule has 4 rings (SSSR count). The van der Waals surface area contributed by atoms with E-state index in [0.717, 1.165) is 31.9 Å². The van der Waals surface area contributed by atoms with E-state index >= 15 is 0 Å². The number of aromatic nitrogens is 1. The van der Waals surface area contributed by atoms with Gasteiger partial charge in [-0.05, 0) is 37.7 Å². The monoisotopic (exact) mass is 474 g/mol. The molecule has 0 spiro atoms. The Hall–Kier alpha value is -2.58. The number of aryl methyl sites for hydroxylation is 1. The number of rotatable bonds is 6. The van der Waals surface area contributed by atoms with Crippen LogP contribution in [0.1, 0.15) is 36.0 Å². The number of likely N-dealkylation sites (N-methyl/N-ethyl adjacent to an activating group) is 1. The number of benzene rings is 1. The Morgan fingerprint density at radius 3 is 2.52 bits per heavy atom. The topological polar surface area (TPSA) is 79.1 Å². The van der Waals surface area contributed by atoms with Crippen LogP contribution in [0.4, 0.5) is 0 Å². The number of amides is 2. The summed E-state index contributed by atoms with van der Waals surface area (Å²) < 4.78 is 11.5. The van der Waals surface area contributed by atoms with Crippen molar-refractivity contribution in [3.63, 3.8) is 0 Å². The zero-order valence-corrected chi connectivity index (χ0v) is 20.0. The third kappa shape index (κ3) is 5.86. The van der Waals surface area contributed by atoms with E-state index in [1.807, 2.05) is 24.0 Å². The fourth-order valence-corrected chi connectivity index (χ4v) is 4.50. The molecule has 0 saturated carbocycles. The lowest BCUT2D eigenvalue weighted by Crippen LogP contribution is -2.51. The minimum Gasteiger partial charge on any atom is -0.490 e. The molecular weight excluding hydrogens is 444 g/mol. The van der Waals surface area contributed by atoms with Gasteiger partial charge in [0.25, 0.3) is 5.91 Å². The van der Waals surface area contributed by atoms with Crippen LogP contribution in [0.3, 0.4) is 0 Å². The average Bonchev–Trinajstić information content (AvgIpc) is 3.31. The van der Waals surface area contributed by atoms with Crippen molar-refractivity contribution in [1.82, 2.24) is 19.9 Å². The van der Waals surface area contributed by atoms with E-state index in [-0.39, 0.29) is 29.6 Å². The normalized spacial score (nSPS) is 21.8. The summed E-state index contributed by atoms with van der Waals surface area (Å²) in [7, 11) is 2.07. The van der Waals surface area contributed by atoms with Crippen LogP contribution in [-0.2, 0) is 11.2 Å². The largest absolute Gasteiger partial charge is 0.490 e. The number of likely N-dealkylation sites (tertiary alicyclic amines) is 1. The molecule has 178 valence electrons. The van der Waals surface area contributed by atoms with E-state index in [2.05, 4.69) is 17.1 Å². The van der Waals surface area contributed by atoms with Crippen LogP contribution in [0, 0.1) is 5.92 Å². The number of piperidine rings is 1. The smallest absolute Gasteiger partial charge is 0.292 e. The number of hydrogen-bond donors (Lipinski definition) is 0. The molecule has 2 aliphatic rings. The first-order chi connectivity index (χ1) is 15.9. The maximum atomic E-state index is 13.1. The second-order valence-electron chi connectivity index (χ2n) is 8.83. The van der Waals surface area contributed by atoms with Crippen LogP contribution < -0.4 is 4.74 Å². The lowest BCUT2D eigenvalue weighted by atomic mass is 9.90. The van der Waals surface area contributed by atoms with Gasteiger partial charge in [-0.2, -0.15) is 0 Å². The molecule has 2 amide bonds. The summed E-state index contributed by atoms with van der Waals surface area (Å²) in [4.78, 5) is 32.0. The number of ether oxygens (including phenoxy) is 1. The molecule has 0 unspecified atom stereocenters. The molecule has 0 aliphatic carbocycles. The Labute approximate surface area is 199 Å². The third-order valence-electron chi connectivity index (χ3n) is 6.48. The van der Waals surface area contributed by atoms with E-state index in [1.54, 1.807) is 23.1 Å². The molecule has 9 heteroatoms. The Morgan fingerprint density at radius 1 is 1.12 bits per heavy atom. The highest BCUT2D eigenvalue weighted by molar-refractivity contribution is 6.30. The third-order valence-corrected chi connectivity index (χ3v) is 6.73. The summed E-state index contributed by atoms with van der Waals surface area (Å²) in [6, 6.07) is 8.94. The van der Waals surface area contributed by atoms with E-state index in [4.69, 9.17) is 20.9 Å². The Bertz CT molecular complexity index is 956. The van der Waals surface area contributed by atoms with Gasteiger partial charge in [-0.1, -0.05) is 23.7 Å². The highest BCUT2D eigenvalue weighted by atomic mass is 35.5. The first-order valence-electron chi connectivity index (χ1n) is 11.6. The maximum Gasteiger partial charge on any atom is 0.292 e. The van der Waals surface area contributed by atoms with Gasteiger partial charge in [-0.3, -0.25) is 9.59 Å². The van der Waals surface area contributed by atoms with Crippen molar-refractivity contribution in [1.29, 1.82) is 0 Å². The lowest BCUT2D eigenvalue weighted by molar-refractivity contribution is -0.135. The van der Waals surface area contributed by atoms with Gasteiger partial charge in [-0.15, -0.1) is 0 Å². The van der Waals surface area contributed by atoms with Crippen LogP contribution in [0.25, 0.3) is 0 Å². The molecule has 33 heavy (non-hydrogen) atoms. The van der Waals surface area contributed by atoms with Gasteiger partial charge in [0.15, 0.2) is 0 Å². The van der Waals surface area contributed by atoms with Crippen molar-refractivity contribution >= 4 is 23.4 Å². The van der Waals surface area contributed by atoms with E-state index in [1.165, 1.54) is 0 Å². The Morgan fingerprint density at radius 2 is 1.85 bits per heavy atom. The number of halogens is 1. The van der Waals surface area contributed by atoms with Crippen LogP contribution in [-0.4, -0.2) is 84.1 Å². The summed E-state index contributed by atoms with van der Waals surface area (Å²) in [6.07, 6.45) is 1.50. The summed E-state index contributed by atoms with van der Waals surface area (Å²) in [5.74, 6) is 0.750. The first-order valence-corrected chi connectivity index (χ1v) is 11.9. The van der Waals surface area contributed by atoms with Gasteiger partial charge in [0.05, 0.1) is 5.69 Å². The number of piperazine rings is 1. The highest BCUT2D eigenvalue weighted by Gasteiger charge is 2.36. The maximum absolute atomic E-state index is 13.1. The number of hydrogen-bond acceptors (Lipinski definition) is 6. The van der Waals surface area contributed by atoms with Gasteiger partial charge < -0.3 is 24.0 Å².